The number of aromatic nitrogens is 1. The molecule has 0 saturated heterocycles. The highest BCUT2D eigenvalue weighted by atomic mass is 31.2. The Kier molecular flexibility index (Phi) is 3.31. The van der Waals surface area contributed by atoms with Crippen LogP contribution in [0.3, 0.4) is 0 Å². The number of hydrogen-bond acceptors (Lipinski definition) is 4. The Morgan fingerprint density at radius 1 is 1.53 bits per heavy atom. The first-order valence-corrected chi connectivity index (χ1v) is 5.44. The Hall–Kier alpha value is -1.14. The molecule has 0 unspecified atom stereocenters. The number of phosphoric acid groups is 1. The fourth-order valence-electron chi connectivity index (χ4n) is 0.912. The van der Waals surface area contributed by atoms with Crippen molar-refractivity contribution in [3.8, 4) is 5.75 Å². The van der Waals surface area contributed by atoms with E-state index >= 15 is 0 Å². The highest BCUT2D eigenvalue weighted by Crippen LogP contribution is 2.36. The van der Waals surface area contributed by atoms with Gasteiger partial charge in [0.2, 0.25) is 5.43 Å². The topological polar surface area (TPSA) is 120 Å². The monoisotopic (exact) mass is 235 g/mol. The van der Waals surface area contributed by atoms with E-state index in [1.807, 2.05) is 0 Å². The van der Waals surface area contributed by atoms with Crippen molar-refractivity contribution in [2.75, 3.05) is 0 Å². The molecule has 1 heterocycles. The standard InChI is InChI=1S/C7H10NO6P/c1-4-6(9)7(10)5(2-8-4)3-14-15(11,12)13/h2,9H,3H2,1H3,(H,8,10)(H2,11,12,13). The van der Waals surface area contributed by atoms with E-state index in [1.165, 1.54) is 13.1 Å². The highest BCUT2D eigenvalue weighted by molar-refractivity contribution is 7.46. The Morgan fingerprint density at radius 3 is 2.67 bits per heavy atom. The number of pyridine rings is 1. The van der Waals surface area contributed by atoms with E-state index in [9.17, 15) is 14.5 Å². The Bertz CT molecular complexity index is 461. The third kappa shape index (κ3) is 3.17. The molecule has 7 nitrogen and oxygen atoms in total. The number of H-pyrrole nitrogens is 1. The first-order valence-electron chi connectivity index (χ1n) is 3.91. The van der Waals surface area contributed by atoms with Crippen LogP contribution >= 0.6 is 7.82 Å². The van der Waals surface area contributed by atoms with Gasteiger partial charge in [-0.2, -0.15) is 0 Å². The van der Waals surface area contributed by atoms with Gasteiger partial charge in [-0.3, -0.25) is 9.32 Å². The van der Waals surface area contributed by atoms with Crippen molar-refractivity contribution in [3.63, 3.8) is 0 Å². The minimum atomic E-state index is -4.61. The predicted molar refractivity (Wildman–Crippen MR) is 50.3 cm³/mol. The molecule has 1 aromatic heterocycles. The number of phosphoric ester groups is 1. The summed E-state index contributed by atoms with van der Waals surface area (Å²) in [5, 5.41) is 9.22. The van der Waals surface area contributed by atoms with Crippen LogP contribution in [0.4, 0.5) is 0 Å². The lowest BCUT2D eigenvalue weighted by atomic mass is 10.2. The van der Waals surface area contributed by atoms with Gasteiger partial charge < -0.3 is 19.9 Å². The molecule has 0 radical (unpaired) electrons. The van der Waals surface area contributed by atoms with Crippen LogP contribution in [0.25, 0.3) is 0 Å². The molecule has 4 N–H and O–H groups in total. The number of aryl methyl sites for hydroxylation is 1. The maximum atomic E-state index is 11.3. The molecule has 0 aliphatic heterocycles. The number of aromatic hydroxyl groups is 1. The molecule has 0 saturated carbocycles. The van der Waals surface area contributed by atoms with E-state index in [4.69, 9.17) is 9.79 Å². The number of rotatable bonds is 3. The summed E-state index contributed by atoms with van der Waals surface area (Å²) in [6, 6.07) is 0. The van der Waals surface area contributed by atoms with Crippen molar-refractivity contribution in [2.45, 2.75) is 13.5 Å². The lowest BCUT2D eigenvalue weighted by Gasteiger charge is -2.05. The maximum Gasteiger partial charge on any atom is 0.469 e. The van der Waals surface area contributed by atoms with E-state index in [2.05, 4.69) is 9.51 Å². The van der Waals surface area contributed by atoms with Crippen LogP contribution in [0.15, 0.2) is 11.0 Å². The molecule has 1 rings (SSSR count). The number of hydrogen-bond donors (Lipinski definition) is 4. The van der Waals surface area contributed by atoms with Gasteiger partial charge in [0.1, 0.15) is 0 Å². The van der Waals surface area contributed by atoms with E-state index in [0.717, 1.165) is 0 Å². The summed E-state index contributed by atoms with van der Waals surface area (Å²) in [7, 11) is -4.61. The second kappa shape index (κ2) is 4.16. The van der Waals surface area contributed by atoms with Crippen LogP contribution in [-0.4, -0.2) is 19.9 Å². The van der Waals surface area contributed by atoms with Crippen LogP contribution in [-0.2, 0) is 15.7 Å². The zero-order valence-electron chi connectivity index (χ0n) is 7.80. The van der Waals surface area contributed by atoms with Gasteiger partial charge in [0, 0.05) is 11.8 Å². The molecule has 0 aliphatic carbocycles. The van der Waals surface area contributed by atoms with Crippen molar-refractivity contribution in [1.29, 1.82) is 0 Å². The third-order valence-electron chi connectivity index (χ3n) is 1.71. The molecular formula is C7H10NO6P. The predicted octanol–water partition coefficient (Wildman–Crippen LogP) is -0.00178. The molecule has 15 heavy (non-hydrogen) atoms. The Balaban J connectivity index is 2.94. The van der Waals surface area contributed by atoms with E-state index in [-0.39, 0.29) is 11.3 Å². The molecule has 0 atom stereocenters. The van der Waals surface area contributed by atoms with Gasteiger partial charge in [0.15, 0.2) is 5.75 Å². The van der Waals surface area contributed by atoms with Crippen molar-refractivity contribution in [2.24, 2.45) is 0 Å². The summed E-state index contributed by atoms with van der Waals surface area (Å²) in [6.07, 6.45) is 1.23. The van der Waals surface area contributed by atoms with Gasteiger partial charge in [0.25, 0.3) is 0 Å². The molecule has 0 bridgehead atoms. The van der Waals surface area contributed by atoms with Crippen molar-refractivity contribution < 1.29 is 24.0 Å². The molecule has 0 fully saturated rings. The first-order chi connectivity index (χ1) is 6.81. The van der Waals surface area contributed by atoms with Crippen molar-refractivity contribution in [1.82, 2.24) is 4.98 Å². The molecule has 8 heteroatoms. The zero-order chi connectivity index (χ0) is 11.6. The summed E-state index contributed by atoms with van der Waals surface area (Å²) >= 11 is 0. The summed E-state index contributed by atoms with van der Waals surface area (Å²) in [5.41, 5.74) is -0.485. The van der Waals surface area contributed by atoms with Gasteiger partial charge in [-0.05, 0) is 6.92 Å². The van der Waals surface area contributed by atoms with Crippen LogP contribution < -0.4 is 5.43 Å². The highest BCUT2D eigenvalue weighted by Gasteiger charge is 2.16. The molecular weight excluding hydrogens is 225 g/mol. The van der Waals surface area contributed by atoms with Crippen molar-refractivity contribution in [3.05, 3.63) is 27.7 Å². The largest absolute Gasteiger partial charge is 0.503 e. The van der Waals surface area contributed by atoms with Gasteiger partial charge >= 0.3 is 7.82 Å². The zero-order valence-corrected chi connectivity index (χ0v) is 8.69. The molecule has 84 valence electrons. The van der Waals surface area contributed by atoms with Crippen LogP contribution in [0.2, 0.25) is 0 Å². The van der Waals surface area contributed by atoms with Gasteiger partial charge in [-0.15, -0.1) is 0 Å². The van der Waals surface area contributed by atoms with E-state index in [1.54, 1.807) is 0 Å². The van der Waals surface area contributed by atoms with Gasteiger partial charge in [-0.1, -0.05) is 0 Å². The van der Waals surface area contributed by atoms with E-state index in [0.29, 0.717) is 0 Å². The van der Waals surface area contributed by atoms with Crippen LogP contribution in [0.5, 0.6) is 5.75 Å². The summed E-state index contributed by atoms with van der Waals surface area (Å²) in [5.74, 6) is -0.484. The van der Waals surface area contributed by atoms with E-state index < -0.39 is 25.6 Å². The molecule has 0 aromatic carbocycles. The normalized spacial score (nSPS) is 11.7. The third-order valence-corrected chi connectivity index (χ3v) is 2.18. The smallest absolute Gasteiger partial charge is 0.469 e. The lowest BCUT2D eigenvalue weighted by molar-refractivity contribution is 0.188. The summed E-state index contributed by atoms with van der Waals surface area (Å²) < 4.78 is 14.5. The average molecular weight is 235 g/mol. The van der Waals surface area contributed by atoms with Crippen LogP contribution in [0, 0.1) is 6.92 Å². The quantitative estimate of drug-likeness (QED) is 0.547. The second-order valence-corrected chi connectivity index (χ2v) is 4.12. The minimum absolute atomic E-state index is 0.0542. The summed E-state index contributed by atoms with van der Waals surface area (Å²) in [6.45, 7) is 0.928. The molecule has 0 spiro atoms. The maximum absolute atomic E-state index is 11.3. The van der Waals surface area contributed by atoms with Crippen LogP contribution in [0.1, 0.15) is 11.3 Å². The first kappa shape index (κ1) is 11.9. The fraction of sp³-hybridized carbons (Fsp3) is 0.286. The Morgan fingerprint density at radius 2 is 2.13 bits per heavy atom. The molecule has 1 aromatic rings. The molecule has 0 aliphatic rings. The number of nitrogens with one attached hydrogen (secondary N) is 1. The molecule has 0 amide bonds. The number of aromatic amines is 1. The second-order valence-electron chi connectivity index (χ2n) is 2.88. The van der Waals surface area contributed by atoms with Crippen molar-refractivity contribution >= 4 is 7.82 Å². The minimum Gasteiger partial charge on any atom is -0.503 e. The average Bonchev–Trinajstić information content (AvgIpc) is 2.12. The SMILES string of the molecule is Cc1[nH]cc(COP(=O)(O)O)c(=O)c1O. The van der Waals surface area contributed by atoms with Gasteiger partial charge in [-0.25, -0.2) is 4.57 Å². The lowest BCUT2D eigenvalue weighted by Crippen LogP contribution is -2.11. The summed E-state index contributed by atoms with van der Waals surface area (Å²) in [4.78, 5) is 30.7. The Labute approximate surface area is 84.6 Å². The fourth-order valence-corrected chi connectivity index (χ4v) is 1.22. The van der Waals surface area contributed by atoms with Gasteiger partial charge in [0.05, 0.1) is 12.3 Å².